The third kappa shape index (κ3) is 7.60. The number of alkyl halides is 3. The fraction of sp³-hybridized carbons (Fsp3) is 0.214. The lowest BCUT2D eigenvalue weighted by atomic mass is 10.1. The van der Waals surface area contributed by atoms with E-state index in [-0.39, 0.29) is 16.1 Å². The minimum atomic E-state index is -5.16. The third-order valence-corrected chi connectivity index (χ3v) is 8.17. The van der Waals surface area contributed by atoms with Crippen LogP contribution in [-0.4, -0.2) is 61.7 Å². The first-order valence-corrected chi connectivity index (χ1v) is 14.4. The fourth-order valence-electron chi connectivity index (χ4n) is 4.33. The summed E-state index contributed by atoms with van der Waals surface area (Å²) in [7, 11) is -4.45. The number of pyridine rings is 1. The molecular weight excluding hydrogens is 595 g/mol. The van der Waals surface area contributed by atoms with Crippen molar-refractivity contribution in [2.75, 3.05) is 36.6 Å². The molecule has 1 fully saturated rings. The van der Waals surface area contributed by atoms with Crippen LogP contribution in [-0.2, 0) is 16.6 Å². The molecule has 0 radical (unpaired) electrons. The van der Waals surface area contributed by atoms with Crippen LogP contribution in [0.2, 0.25) is 5.02 Å². The summed E-state index contributed by atoms with van der Waals surface area (Å²) in [6, 6.07) is 9.18. The van der Waals surface area contributed by atoms with E-state index in [1.54, 1.807) is 24.5 Å². The van der Waals surface area contributed by atoms with E-state index in [0.717, 1.165) is 17.7 Å². The van der Waals surface area contributed by atoms with Gasteiger partial charge in [-0.05, 0) is 41.5 Å². The second-order valence-corrected chi connectivity index (χ2v) is 11.3. The maximum Gasteiger partial charge on any atom is 0.573 e. The van der Waals surface area contributed by atoms with E-state index < -0.39 is 33.7 Å². The number of piperazine rings is 1. The van der Waals surface area contributed by atoms with Crippen LogP contribution < -0.4 is 15.2 Å². The quantitative estimate of drug-likeness (QED) is 0.250. The molecule has 0 bridgehead atoms. The number of nitrogens with zero attached hydrogens (tertiary/aromatic N) is 3. The van der Waals surface area contributed by atoms with Gasteiger partial charge in [-0.1, -0.05) is 48.5 Å². The molecule has 1 aromatic heterocycles. The SMILES string of the molecule is C=C/C=C\c1cccc(S(=O)(=O)Nc2ccc(C(=O)N3CCN(Cc4ccncc4Cl)CC3)cc2OC(F)(F)F)c1N. The normalized spacial score (nSPS) is 14.6. The Labute approximate surface area is 246 Å². The lowest BCUT2D eigenvalue weighted by Crippen LogP contribution is -2.48. The average molecular weight is 622 g/mol. The maximum absolute atomic E-state index is 13.3. The van der Waals surface area contributed by atoms with Gasteiger partial charge in [-0.2, -0.15) is 0 Å². The Morgan fingerprint density at radius 1 is 1.17 bits per heavy atom. The predicted octanol–water partition coefficient (Wildman–Crippen LogP) is 5.17. The number of ether oxygens (including phenoxy) is 1. The number of nitrogens with one attached hydrogen (secondary N) is 1. The van der Waals surface area contributed by atoms with Gasteiger partial charge in [-0.15, -0.1) is 13.2 Å². The molecule has 1 amide bonds. The lowest BCUT2D eigenvalue weighted by Gasteiger charge is -2.35. The van der Waals surface area contributed by atoms with Crippen molar-refractivity contribution in [3.8, 4) is 5.75 Å². The van der Waals surface area contributed by atoms with Crippen LogP contribution in [0, 0.1) is 0 Å². The number of allylic oxidation sites excluding steroid dienone is 2. The molecule has 1 saturated heterocycles. The second-order valence-electron chi connectivity index (χ2n) is 9.25. The number of nitrogens with two attached hydrogens (primary N) is 1. The van der Waals surface area contributed by atoms with Crippen molar-refractivity contribution in [3.05, 3.63) is 95.3 Å². The van der Waals surface area contributed by atoms with Crippen LogP contribution in [0.25, 0.3) is 6.08 Å². The Balaban J connectivity index is 1.53. The molecule has 4 rings (SSSR count). The molecule has 3 N–H and O–H groups in total. The summed E-state index contributed by atoms with van der Waals surface area (Å²) in [5, 5.41) is 0.531. The van der Waals surface area contributed by atoms with Gasteiger partial charge < -0.3 is 15.4 Å². The standard InChI is InChI=1S/C28H27ClF3N5O4S/c1-2-3-5-19-6-4-7-25(26(19)33)42(39,40)35-23-9-8-20(16-24(23)41-28(30,31)32)27(38)37-14-12-36(13-15-37)18-21-10-11-34-17-22(21)29/h2-11,16-17,35H,1,12-15,18,33H2/b5-3-. The summed E-state index contributed by atoms with van der Waals surface area (Å²) in [5.74, 6) is -1.41. The second kappa shape index (κ2) is 12.8. The summed E-state index contributed by atoms with van der Waals surface area (Å²) in [4.78, 5) is 20.4. The minimum absolute atomic E-state index is 0.0982. The minimum Gasteiger partial charge on any atom is -0.404 e. The van der Waals surface area contributed by atoms with E-state index in [2.05, 4.69) is 25.9 Å². The van der Waals surface area contributed by atoms with Gasteiger partial charge in [-0.25, -0.2) is 8.42 Å². The van der Waals surface area contributed by atoms with E-state index >= 15 is 0 Å². The molecular formula is C28H27ClF3N5O4S. The van der Waals surface area contributed by atoms with E-state index in [0.29, 0.717) is 43.3 Å². The number of amides is 1. The maximum atomic E-state index is 13.3. The Morgan fingerprint density at radius 2 is 1.90 bits per heavy atom. The van der Waals surface area contributed by atoms with Gasteiger partial charge in [0, 0.05) is 50.7 Å². The Bertz CT molecular complexity index is 1610. The molecule has 1 aliphatic rings. The van der Waals surface area contributed by atoms with Crippen LogP contribution in [0.1, 0.15) is 21.5 Å². The molecule has 0 aliphatic carbocycles. The Hall–Kier alpha value is -4.07. The van der Waals surface area contributed by atoms with Gasteiger partial charge in [0.05, 0.1) is 16.4 Å². The fourth-order valence-corrected chi connectivity index (χ4v) is 5.74. The number of aromatic nitrogens is 1. The zero-order chi connectivity index (χ0) is 30.5. The molecule has 2 heterocycles. The average Bonchev–Trinajstić information content (AvgIpc) is 2.94. The topological polar surface area (TPSA) is 118 Å². The van der Waals surface area contributed by atoms with E-state index in [1.165, 1.54) is 35.3 Å². The molecule has 0 unspecified atom stereocenters. The molecule has 9 nitrogen and oxygen atoms in total. The van der Waals surface area contributed by atoms with Crippen LogP contribution in [0.4, 0.5) is 24.5 Å². The van der Waals surface area contributed by atoms with E-state index in [1.807, 2.05) is 6.07 Å². The summed E-state index contributed by atoms with van der Waals surface area (Å²) in [6.07, 6.45) is 2.59. The highest BCUT2D eigenvalue weighted by Gasteiger charge is 2.34. The van der Waals surface area contributed by atoms with E-state index in [9.17, 15) is 26.4 Å². The number of benzene rings is 2. The monoisotopic (exact) mass is 621 g/mol. The molecule has 42 heavy (non-hydrogen) atoms. The van der Waals surface area contributed by atoms with Crippen molar-refractivity contribution in [2.24, 2.45) is 0 Å². The van der Waals surface area contributed by atoms with Crippen molar-refractivity contribution in [1.82, 2.24) is 14.8 Å². The third-order valence-electron chi connectivity index (χ3n) is 6.41. The highest BCUT2D eigenvalue weighted by Crippen LogP contribution is 2.34. The largest absolute Gasteiger partial charge is 0.573 e. The number of sulfonamides is 1. The number of nitrogen functional groups attached to an aromatic ring is 1. The van der Waals surface area contributed by atoms with Gasteiger partial charge in [0.2, 0.25) is 0 Å². The number of carbonyl (C=O) groups excluding carboxylic acids is 1. The first-order valence-electron chi connectivity index (χ1n) is 12.6. The lowest BCUT2D eigenvalue weighted by molar-refractivity contribution is -0.274. The van der Waals surface area contributed by atoms with Crippen molar-refractivity contribution in [3.63, 3.8) is 0 Å². The summed E-state index contributed by atoms with van der Waals surface area (Å²) < 4.78 is 72.4. The molecule has 0 spiro atoms. The van der Waals surface area contributed by atoms with Gasteiger partial charge in [0.1, 0.15) is 4.90 Å². The molecule has 1 aliphatic heterocycles. The number of anilines is 2. The Morgan fingerprint density at radius 3 is 2.57 bits per heavy atom. The van der Waals surface area contributed by atoms with Crippen molar-refractivity contribution in [2.45, 2.75) is 17.8 Å². The van der Waals surface area contributed by atoms with Gasteiger partial charge >= 0.3 is 6.36 Å². The zero-order valence-electron chi connectivity index (χ0n) is 22.1. The molecule has 3 aromatic rings. The molecule has 2 aromatic carbocycles. The summed E-state index contributed by atoms with van der Waals surface area (Å²) in [6.45, 7) is 5.76. The highest BCUT2D eigenvalue weighted by molar-refractivity contribution is 7.92. The van der Waals surface area contributed by atoms with Crippen LogP contribution in [0.3, 0.4) is 0 Å². The molecule has 14 heteroatoms. The molecule has 0 atom stereocenters. The summed E-state index contributed by atoms with van der Waals surface area (Å²) in [5.41, 5.74) is 6.56. The van der Waals surface area contributed by atoms with Crippen molar-refractivity contribution in [1.29, 1.82) is 0 Å². The number of halogens is 4. The number of carbonyl (C=O) groups is 1. The summed E-state index contributed by atoms with van der Waals surface area (Å²) >= 11 is 6.18. The Kier molecular flexibility index (Phi) is 9.44. The molecule has 0 saturated carbocycles. The zero-order valence-corrected chi connectivity index (χ0v) is 23.7. The number of hydrogen-bond donors (Lipinski definition) is 2. The number of rotatable bonds is 9. The predicted molar refractivity (Wildman–Crippen MR) is 154 cm³/mol. The highest BCUT2D eigenvalue weighted by atomic mass is 35.5. The van der Waals surface area contributed by atoms with Gasteiger partial charge in [-0.3, -0.25) is 19.4 Å². The first kappa shape index (κ1) is 30.9. The van der Waals surface area contributed by atoms with Crippen molar-refractivity contribution >= 4 is 45.0 Å². The number of hydrogen-bond acceptors (Lipinski definition) is 7. The van der Waals surface area contributed by atoms with Crippen molar-refractivity contribution < 1.29 is 31.1 Å². The van der Waals surface area contributed by atoms with Crippen LogP contribution in [0.5, 0.6) is 5.75 Å². The van der Waals surface area contributed by atoms with E-state index in [4.69, 9.17) is 17.3 Å². The van der Waals surface area contributed by atoms with Gasteiger partial charge in [0.25, 0.3) is 15.9 Å². The smallest absolute Gasteiger partial charge is 0.404 e. The molecule has 222 valence electrons. The van der Waals surface area contributed by atoms with Crippen LogP contribution >= 0.6 is 11.6 Å². The first-order chi connectivity index (χ1) is 19.9. The van der Waals surface area contributed by atoms with Gasteiger partial charge in [0.15, 0.2) is 5.75 Å². The number of para-hydroxylation sites is 1. The van der Waals surface area contributed by atoms with Crippen LogP contribution in [0.15, 0.2) is 78.5 Å².